The predicted molar refractivity (Wildman–Crippen MR) is 164 cm³/mol. The Balaban J connectivity index is 1.22. The van der Waals surface area contributed by atoms with E-state index in [0.717, 1.165) is 48.2 Å². The molecule has 6 rings (SSSR count). The van der Waals surface area contributed by atoms with Crippen LogP contribution < -0.4 is 9.47 Å². The molecule has 1 N–H and O–H groups in total. The maximum atomic E-state index is 14.0. The molecule has 10 heteroatoms. The summed E-state index contributed by atoms with van der Waals surface area (Å²) >= 11 is 0. The second kappa shape index (κ2) is 12.7. The van der Waals surface area contributed by atoms with Gasteiger partial charge in [0.05, 0.1) is 32.8 Å². The number of carbonyl (C=O) groups excluding carboxylic acids is 2. The molecule has 1 saturated heterocycles. The fourth-order valence-electron chi connectivity index (χ4n) is 7.27. The Hall–Kier alpha value is -3.60. The number of nitrogens with zero attached hydrogens (tertiary/aromatic N) is 1. The van der Waals surface area contributed by atoms with Gasteiger partial charge in [-0.3, -0.25) is 9.69 Å². The molecule has 0 aromatic heterocycles. The zero-order chi connectivity index (χ0) is 31.8. The highest BCUT2D eigenvalue weighted by atomic mass is 16.7. The van der Waals surface area contributed by atoms with Gasteiger partial charge in [0.1, 0.15) is 5.76 Å². The van der Waals surface area contributed by atoms with Crippen molar-refractivity contribution in [1.82, 2.24) is 4.90 Å². The lowest BCUT2D eigenvalue weighted by Crippen LogP contribution is -2.46. The minimum atomic E-state index is -2.09. The normalized spacial score (nSPS) is 23.2. The standard InChI is InChI=1S/C35H43NO9/c1-34(2,44-20-22-9-6-5-7-10-22)13-8-14-35(39,19-28(37)40-3)33(38)45-32-29-25-18-27-26(42-21-43-27)17-23(25)11-15-36-16-12-24(30(29)36)31(32)41-4/h5-7,9-10,17-18,29-30,32,39H,8,11-16,19-21H2,1-4H3/t29-,30?,32?,35?/m0/s1. The second-order valence-corrected chi connectivity index (χ2v) is 13.0. The molecule has 0 radical (unpaired) electrons. The minimum absolute atomic E-state index is 0.000160. The third kappa shape index (κ3) is 6.28. The number of rotatable bonds is 12. The largest absolute Gasteiger partial charge is 0.497 e. The van der Waals surface area contributed by atoms with Crippen LogP contribution in [0.25, 0.3) is 0 Å². The van der Waals surface area contributed by atoms with Gasteiger partial charge in [-0.2, -0.15) is 0 Å². The average Bonchev–Trinajstić information content (AvgIpc) is 3.70. The molecule has 4 atom stereocenters. The average molecular weight is 622 g/mol. The Morgan fingerprint density at radius 2 is 1.76 bits per heavy atom. The van der Waals surface area contributed by atoms with E-state index in [1.54, 1.807) is 7.11 Å². The quantitative estimate of drug-likeness (QED) is 0.342. The van der Waals surface area contributed by atoms with E-state index in [4.69, 9.17) is 28.4 Å². The maximum Gasteiger partial charge on any atom is 0.339 e. The van der Waals surface area contributed by atoms with Gasteiger partial charge >= 0.3 is 11.9 Å². The fourth-order valence-corrected chi connectivity index (χ4v) is 7.27. The predicted octanol–water partition coefficient (Wildman–Crippen LogP) is 4.42. The SMILES string of the molecule is COC(=O)CC(O)(CCCC(C)(C)OCc1ccccc1)C(=O)OC1C(OC)=C2CCN3CCc4cc5c(cc4[C@H]1C23)OCO5. The van der Waals surface area contributed by atoms with Crippen LogP contribution in [0.3, 0.4) is 0 Å². The summed E-state index contributed by atoms with van der Waals surface area (Å²) in [5.41, 5.74) is 1.68. The molecule has 3 aliphatic heterocycles. The summed E-state index contributed by atoms with van der Waals surface area (Å²) in [5, 5.41) is 11.8. The molecule has 1 fully saturated rings. The van der Waals surface area contributed by atoms with Crippen LogP contribution in [0.15, 0.2) is 53.8 Å². The van der Waals surface area contributed by atoms with Gasteiger partial charge in [0.25, 0.3) is 0 Å². The molecule has 45 heavy (non-hydrogen) atoms. The van der Waals surface area contributed by atoms with Crippen LogP contribution in [0.2, 0.25) is 0 Å². The van der Waals surface area contributed by atoms with Crippen LogP contribution in [0, 0.1) is 0 Å². The number of fused-ring (bicyclic) bond motifs is 3. The van der Waals surface area contributed by atoms with Gasteiger partial charge in [0.2, 0.25) is 6.79 Å². The molecule has 2 aromatic rings. The Bertz CT molecular complexity index is 1450. The number of hydrogen-bond donors (Lipinski definition) is 1. The van der Waals surface area contributed by atoms with Gasteiger partial charge in [-0.05, 0) is 80.3 Å². The highest BCUT2D eigenvalue weighted by Crippen LogP contribution is 2.52. The van der Waals surface area contributed by atoms with Crippen molar-refractivity contribution in [2.45, 2.75) is 88.2 Å². The van der Waals surface area contributed by atoms with E-state index in [-0.39, 0.29) is 25.2 Å². The van der Waals surface area contributed by atoms with Gasteiger partial charge in [-0.1, -0.05) is 30.3 Å². The lowest BCUT2D eigenvalue weighted by molar-refractivity contribution is -0.178. The molecular weight excluding hydrogens is 578 g/mol. The van der Waals surface area contributed by atoms with Gasteiger partial charge in [-0.25, -0.2) is 4.79 Å². The summed E-state index contributed by atoms with van der Waals surface area (Å²) < 4.78 is 34.6. The Kier molecular flexibility index (Phi) is 8.83. The topological polar surface area (TPSA) is 113 Å². The first kappa shape index (κ1) is 31.4. The van der Waals surface area contributed by atoms with Crippen LogP contribution in [0.1, 0.15) is 68.6 Å². The molecule has 0 saturated carbocycles. The Labute approximate surface area is 264 Å². The van der Waals surface area contributed by atoms with Crippen molar-refractivity contribution in [3.8, 4) is 11.5 Å². The van der Waals surface area contributed by atoms with Crippen LogP contribution in [0.5, 0.6) is 11.5 Å². The van der Waals surface area contributed by atoms with E-state index in [2.05, 4.69) is 4.90 Å². The summed E-state index contributed by atoms with van der Waals surface area (Å²) in [7, 11) is 2.83. The van der Waals surface area contributed by atoms with Gasteiger partial charge in [0.15, 0.2) is 23.2 Å². The number of benzene rings is 2. The summed E-state index contributed by atoms with van der Waals surface area (Å²) in [4.78, 5) is 28.9. The van der Waals surface area contributed by atoms with Crippen molar-refractivity contribution in [2.75, 3.05) is 34.1 Å². The monoisotopic (exact) mass is 621 g/mol. The molecule has 3 heterocycles. The highest BCUT2D eigenvalue weighted by molar-refractivity contribution is 5.86. The number of hydrogen-bond acceptors (Lipinski definition) is 10. The van der Waals surface area contributed by atoms with Crippen molar-refractivity contribution >= 4 is 11.9 Å². The number of carbonyl (C=O) groups is 2. The van der Waals surface area contributed by atoms with Gasteiger partial charge in [-0.15, -0.1) is 0 Å². The molecule has 242 valence electrons. The lowest BCUT2D eigenvalue weighted by atomic mass is 9.86. The smallest absolute Gasteiger partial charge is 0.339 e. The molecule has 0 amide bonds. The first-order chi connectivity index (χ1) is 21.6. The van der Waals surface area contributed by atoms with E-state index in [1.165, 1.54) is 7.11 Å². The molecule has 4 aliphatic rings. The van der Waals surface area contributed by atoms with Crippen molar-refractivity contribution in [1.29, 1.82) is 0 Å². The van der Waals surface area contributed by atoms with Crippen molar-refractivity contribution in [3.05, 3.63) is 70.5 Å². The van der Waals surface area contributed by atoms with Crippen LogP contribution in [0.4, 0.5) is 0 Å². The van der Waals surface area contributed by atoms with E-state index >= 15 is 0 Å². The van der Waals surface area contributed by atoms with E-state index in [1.807, 2.05) is 56.3 Å². The highest BCUT2D eigenvalue weighted by Gasteiger charge is 2.55. The molecular formula is C35H43NO9. The number of aliphatic hydroxyl groups is 1. The molecule has 0 spiro atoms. The van der Waals surface area contributed by atoms with Crippen molar-refractivity contribution in [2.24, 2.45) is 0 Å². The number of ether oxygens (including phenoxy) is 6. The fraction of sp³-hybridized carbons (Fsp3) is 0.543. The zero-order valence-corrected chi connectivity index (χ0v) is 26.5. The third-order valence-corrected chi connectivity index (χ3v) is 9.66. The molecule has 3 unspecified atom stereocenters. The van der Waals surface area contributed by atoms with E-state index < -0.39 is 35.7 Å². The summed E-state index contributed by atoms with van der Waals surface area (Å²) in [6.45, 7) is 6.30. The molecule has 2 aromatic carbocycles. The summed E-state index contributed by atoms with van der Waals surface area (Å²) in [5.74, 6) is 0.168. The number of esters is 2. The van der Waals surface area contributed by atoms with Crippen molar-refractivity contribution in [3.63, 3.8) is 0 Å². The first-order valence-corrected chi connectivity index (χ1v) is 15.7. The van der Waals surface area contributed by atoms with E-state index in [0.29, 0.717) is 36.7 Å². The van der Waals surface area contributed by atoms with Crippen molar-refractivity contribution < 1.29 is 43.1 Å². The van der Waals surface area contributed by atoms with Crippen LogP contribution >= 0.6 is 0 Å². The lowest BCUT2D eigenvalue weighted by Gasteiger charge is -2.33. The van der Waals surface area contributed by atoms with E-state index in [9.17, 15) is 14.7 Å². The number of methoxy groups -OCH3 is 2. The Morgan fingerprint density at radius 1 is 1.02 bits per heavy atom. The minimum Gasteiger partial charge on any atom is -0.497 e. The Morgan fingerprint density at radius 3 is 2.49 bits per heavy atom. The molecule has 1 aliphatic carbocycles. The van der Waals surface area contributed by atoms with Gasteiger partial charge < -0.3 is 33.5 Å². The zero-order valence-electron chi connectivity index (χ0n) is 26.5. The van der Waals surface area contributed by atoms with Crippen LogP contribution in [-0.2, 0) is 41.6 Å². The molecule has 0 bridgehead atoms. The maximum absolute atomic E-state index is 14.0. The van der Waals surface area contributed by atoms with Crippen LogP contribution in [-0.4, -0.2) is 79.4 Å². The first-order valence-electron chi connectivity index (χ1n) is 15.7. The summed E-state index contributed by atoms with van der Waals surface area (Å²) in [6.07, 6.45) is 1.30. The van der Waals surface area contributed by atoms with Gasteiger partial charge in [0, 0.05) is 25.0 Å². The molecule has 10 nitrogen and oxygen atoms in total. The summed E-state index contributed by atoms with van der Waals surface area (Å²) in [6, 6.07) is 13.9. The third-order valence-electron chi connectivity index (χ3n) is 9.66. The second-order valence-electron chi connectivity index (χ2n) is 13.0.